The molecule has 1 N–H and O–H groups in total. The van der Waals surface area contributed by atoms with Gasteiger partial charge in [-0.3, -0.25) is 4.79 Å². The van der Waals surface area contributed by atoms with Gasteiger partial charge in [0.25, 0.3) is 5.91 Å². The Hall–Kier alpha value is -0.730. The zero-order valence-corrected chi connectivity index (χ0v) is 10.9. The molecule has 1 atom stereocenters. The zero-order valence-electron chi connectivity index (χ0n) is 9.39. The number of benzene rings is 1. The van der Waals surface area contributed by atoms with Crippen LogP contribution >= 0.6 is 23.2 Å². The molecular formula is C12H15Cl2NO. The van der Waals surface area contributed by atoms with Crippen LogP contribution in [0, 0.1) is 6.92 Å². The fraction of sp³-hybridized carbons (Fsp3) is 0.417. The first-order valence-electron chi connectivity index (χ1n) is 5.23. The Morgan fingerprint density at radius 3 is 2.75 bits per heavy atom. The molecule has 0 saturated heterocycles. The Balaban J connectivity index is 2.66. The molecule has 0 saturated carbocycles. The van der Waals surface area contributed by atoms with Crippen molar-refractivity contribution in [3.05, 3.63) is 34.3 Å². The lowest BCUT2D eigenvalue weighted by Crippen LogP contribution is -2.29. The van der Waals surface area contributed by atoms with Gasteiger partial charge in [-0.05, 0) is 31.0 Å². The number of nitrogens with one attached hydrogen (secondary N) is 1. The van der Waals surface area contributed by atoms with E-state index >= 15 is 0 Å². The lowest BCUT2D eigenvalue weighted by Gasteiger charge is -2.09. The van der Waals surface area contributed by atoms with Gasteiger partial charge in [-0.1, -0.05) is 24.6 Å². The predicted octanol–water partition coefficient (Wildman–Crippen LogP) is 3.40. The van der Waals surface area contributed by atoms with Crippen LogP contribution in [0.3, 0.4) is 0 Å². The van der Waals surface area contributed by atoms with Gasteiger partial charge in [0, 0.05) is 6.54 Å². The van der Waals surface area contributed by atoms with Gasteiger partial charge in [0.1, 0.15) is 0 Å². The van der Waals surface area contributed by atoms with Gasteiger partial charge in [0.2, 0.25) is 0 Å². The maximum absolute atomic E-state index is 11.7. The molecular weight excluding hydrogens is 245 g/mol. The van der Waals surface area contributed by atoms with Gasteiger partial charge in [0.05, 0.1) is 16.0 Å². The molecule has 1 amide bonds. The highest BCUT2D eigenvalue weighted by Gasteiger charge is 2.11. The highest BCUT2D eigenvalue weighted by molar-refractivity contribution is 6.33. The van der Waals surface area contributed by atoms with Crippen LogP contribution in [-0.4, -0.2) is 17.8 Å². The Labute approximate surface area is 106 Å². The maximum atomic E-state index is 11.7. The summed E-state index contributed by atoms with van der Waals surface area (Å²) in [5, 5.41) is 3.19. The number of rotatable bonds is 4. The summed E-state index contributed by atoms with van der Waals surface area (Å²) in [6, 6.07) is 5.36. The number of aryl methyl sites for hydroxylation is 1. The number of hydrogen-bond donors (Lipinski definition) is 1. The van der Waals surface area contributed by atoms with Crippen LogP contribution < -0.4 is 5.32 Å². The number of carbonyl (C=O) groups excluding carboxylic acids is 1. The Morgan fingerprint density at radius 2 is 2.19 bits per heavy atom. The third-order valence-electron chi connectivity index (χ3n) is 2.30. The average Bonchev–Trinajstić information content (AvgIpc) is 2.25. The molecule has 16 heavy (non-hydrogen) atoms. The predicted molar refractivity (Wildman–Crippen MR) is 68.5 cm³/mol. The molecule has 0 aliphatic heterocycles. The molecule has 1 unspecified atom stereocenters. The molecule has 1 aromatic rings. The van der Waals surface area contributed by atoms with Crippen molar-refractivity contribution in [2.24, 2.45) is 0 Å². The minimum atomic E-state index is -0.177. The first-order chi connectivity index (χ1) is 7.54. The van der Waals surface area contributed by atoms with E-state index in [9.17, 15) is 4.79 Å². The highest BCUT2D eigenvalue weighted by atomic mass is 35.5. The van der Waals surface area contributed by atoms with Crippen LogP contribution in [0.5, 0.6) is 0 Å². The molecule has 0 radical (unpaired) electrons. The molecule has 1 rings (SSSR count). The van der Waals surface area contributed by atoms with Gasteiger partial charge in [-0.25, -0.2) is 0 Å². The van der Waals surface area contributed by atoms with Gasteiger partial charge in [-0.2, -0.15) is 0 Å². The van der Waals surface area contributed by atoms with E-state index in [4.69, 9.17) is 23.2 Å². The van der Waals surface area contributed by atoms with Gasteiger partial charge < -0.3 is 5.32 Å². The van der Waals surface area contributed by atoms with Crippen LogP contribution in [0.2, 0.25) is 5.02 Å². The summed E-state index contributed by atoms with van der Waals surface area (Å²) in [6.07, 6.45) is 0.823. The summed E-state index contributed by atoms with van der Waals surface area (Å²) in [5.74, 6) is -0.177. The second-order valence-electron chi connectivity index (χ2n) is 3.70. The third-order valence-corrected chi connectivity index (χ3v) is 3.07. The van der Waals surface area contributed by atoms with Crippen LogP contribution in [0.25, 0.3) is 0 Å². The number of amides is 1. The number of halogens is 2. The highest BCUT2D eigenvalue weighted by Crippen LogP contribution is 2.17. The largest absolute Gasteiger partial charge is 0.351 e. The topological polar surface area (TPSA) is 29.1 Å². The second-order valence-corrected chi connectivity index (χ2v) is 4.72. The first-order valence-corrected chi connectivity index (χ1v) is 6.04. The quantitative estimate of drug-likeness (QED) is 0.826. The van der Waals surface area contributed by atoms with Crippen LogP contribution in [0.1, 0.15) is 29.3 Å². The van der Waals surface area contributed by atoms with E-state index in [2.05, 4.69) is 5.32 Å². The SMILES string of the molecule is CCC(Cl)CNC(=O)c1ccc(C)cc1Cl. The summed E-state index contributed by atoms with van der Waals surface area (Å²) < 4.78 is 0. The zero-order chi connectivity index (χ0) is 12.1. The smallest absolute Gasteiger partial charge is 0.252 e. The summed E-state index contributed by atoms with van der Waals surface area (Å²) in [4.78, 5) is 11.7. The van der Waals surface area contributed by atoms with Crippen molar-refractivity contribution in [3.8, 4) is 0 Å². The van der Waals surface area contributed by atoms with Crippen molar-refractivity contribution >= 4 is 29.1 Å². The molecule has 0 aliphatic carbocycles. The number of hydrogen-bond acceptors (Lipinski definition) is 1. The van der Waals surface area contributed by atoms with Crippen molar-refractivity contribution in [1.29, 1.82) is 0 Å². The van der Waals surface area contributed by atoms with Crippen molar-refractivity contribution < 1.29 is 4.79 Å². The summed E-state index contributed by atoms with van der Waals surface area (Å²) in [6.45, 7) is 4.36. The maximum Gasteiger partial charge on any atom is 0.252 e. The van der Waals surface area contributed by atoms with Gasteiger partial charge in [-0.15, -0.1) is 11.6 Å². The molecule has 0 spiro atoms. The standard InChI is InChI=1S/C12H15Cl2NO/c1-3-9(13)7-15-12(16)10-5-4-8(2)6-11(10)14/h4-6,9H,3,7H2,1-2H3,(H,15,16). The van der Waals surface area contributed by atoms with E-state index in [0.29, 0.717) is 17.1 Å². The fourth-order valence-electron chi connectivity index (χ4n) is 1.25. The Bertz CT molecular complexity index is 379. The van der Waals surface area contributed by atoms with Crippen LogP contribution in [0.15, 0.2) is 18.2 Å². The van der Waals surface area contributed by atoms with Crippen LogP contribution in [-0.2, 0) is 0 Å². The monoisotopic (exact) mass is 259 g/mol. The average molecular weight is 260 g/mol. The molecule has 1 aromatic carbocycles. The fourth-order valence-corrected chi connectivity index (χ4v) is 1.65. The number of carbonyl (C=O) groups is 1. The first kappa shape index (κ1) is 13.3. The molecule has 4 heteroatoms. The lowest BCUT2D eigenvalue weighted by atomic mass is 10.1. The van der Waals surface area contributed by atoms with Gasteiger partial charge >= 0.3 is 0 Å². The second kappa shape index (κ2) is 6.12. The van der Waals surface area contributed by atoms with E-state index in [1.54, 1.807) is 12.1 Å². The van der Waals surface area contributed by atoms with E-state index in [1.165, 1.54) is 0 Å². The van der Waals surface area contributed by atoms with Crippen LogP contribution in [0.4, 0.5) is 0 Å². The Kier molecular flexibility index (Phi) is 5.10. The van der Waals surface area contributed by atoms with E-state index < -0.39 is 0 Å². The molecule has 0 aliphatic rings. The van der Waals surface area contributed by atoms with Crippen molar-refractivity contribution in [2.45, 2.75) is 25.6 Å². The van der Waals surface area contributed by atoms with Crippen molar-refractivity contribution in [1.82, 2.24) is 5.32 Å². The van der Waals surface area contributed by atoms with Crippen molar-refractivity contribution in [2.75, 3.05) is 6.54 Å². The molecule has 0 bridgehead atoms. The molecule has 0 fully saturated rings. The molecule has 0 heterocycles. The summed E-state index contributed by atoms with van der Waals surface area (Å²) in [7, 11) is 0. The third kappa shape index (κ3) is 3.69. The van der Waals surface area contributed by atoms with Gasteiger partial charge in [0.15, 0.2) is 0 Å². The molecule has 88 valence electrons. The minimum Gasteiger partial charge on any atom is -0.351 e. The minimum absolute atomic E-state index is 0.0341. The number of alkyl halides is 1. The summed E-state index contributed by atoms with van der Waals surface area (Å²) in [5.41, 5.74) is 1.53. The van der Waals surface area contributed by atoms with E-state index in [-0.39, 0.29) is 11.3 Å². The van der Waals surface area contributed by atoms with E-state index in [1.807, 2.05) is 19.9 Å². The lowest BCUT2D eigenvalue weighted by molar-refractivity contribution is 0.0953. The van der Waals surface area contributed by atoms with Crippen molar-refractivity contribution in [3.63, 3.8) is 0 Å². The van der Waals surface area contributed by atoms with E-state index in [0.717, 1.165) is 12.0 Å². The molecule has 2 nitrogen and oxygen atoms in total. The summed E-state index contributed by atoms with van der Waals surface area (Å²) >= 11 is 11.9. The molecule has 0 aromatic heterocycles. The normalized spacial score (nSPS) is 12.2. The Morgan fingerprint density at radius 1 is 1.50 bits per heavy atom.